The molecule has 2 heterocycles. The fourth-order valence-corrected chi connectivity index (χ4v) is 3.20. The number of nitrogens with one attached hydrogen (secondary N) is 1. The summed E-state index contributed by atoms with van der Waals surface area (Å²) in [6.45, 7) is 0.522. The Hall–Kier alpha value is -2.25. The Morgan fingerprint density at radius 3 is 2.76 bits per heavy atom. The maximum atomic E-state index is 12.5. The Balaban J connectivity index is 1.68. The number of aryl methyl sites for hydroxylation is 1. The number of halogens is 2. The lowest BCUT2D eigenvalue weighted by molar-refractivity contribution is -0.124. The number of hydrogen-bond donors (Lipinski definition) is 1. The van der Waals surface area contributed by atoms with E-state index >= 15 is 0 Å². The minimum Gasteiger partial charge on any atom is -0.350 e. The van der Waals surface area contributed by atoms with Gasteiger partial charge in [0.25, 0.3) is 0 Å². The number of aromatic nitrogens is 2. The van der Waals surface area contributed by atoms with Gasteiger partial charge in [-0.15, -0.1) is 0 Å². The van der Waals surface area contributed by atoms with Crippen LogP contribution < -0.4 is 10.2 Å². The van der Waals surface area contributed by atoms with E-state index in [4.69, 9.17) is 23.2 Å². The van der Waals surface area contributed by atoms with Gasteiger partial charge < -0.3 is 14.8 Å². The van der Waals surface area contributed by atoms with Gasteiger partial charge in [0.15, 0.2) is 0 Å². The van der Waals surface area contributed by atoms with Gasteiger partial charge in [-0.25, -0.2) is 9.78 Å². The van der Waals surface area contributed by atoms with E-state index in [9.17, 15) is 9.59 Å². The Morgan fingerprint density at radius 2 is 2.12 bits per heavy atom. The highest BCUT2D eigenvalue weighted by Crippen LogP contribution is 2.23. The predicted molar refractivity (Wildman–Crippen MR) is 95.8 cm³/mol. The van der Waals surface area contributed by atoms with E-state index in [1.54, 1.807) is 49.4 Å². The molecule has 1 aromatic heterocycles. The van der Waals surface area contributed by atoms with Gasteiger partial charge >= 0.3 is 6.03 Å². The molecule has 9 heteroatoms. The second-order valence-electron chi connectivity index (χ2n) is 5.84. The van der Waals surface area contributed by atoms with Gasteiger partial charge in [-0.2, -0.15) is 0 Å². The van der Waals surface area contributed by atoms with E-state index in [2.05, 4.69) is 10.3 Å². The molecule has 3 rings (SSSR count). The van der Waals surface area contributed by atoms with Gasteiger partial charge in [0.2, 0.25) is 5.91 Å². The molecule has 1 atom stereocenters. The minimum atomic E-state index is -0.589. The Kier molecular flexibility index (Phi) is 4.87. The Morgan fingerprint density at radius 1 is 1.36 bits per heavy atom. The fraction of sp³-hybridized carbons (Fsp3) is 0.312. The summed E-state index contributed by atoms with van der Waals surface area (Å²) in [6, 6.07) is 4.27. The van der Waals surface area contributed by atoms with Crippen LogP contribution in [0.4, 0.5) is 10.6 Å². The highest BCUT2D eigenvalue weighted by molar-refractivity contribution is 6.35. The third kappa shape index (κ3) is 3.43. The third-order valence-electron chi connectivity index (χ3n) is 4.19. The molecule has 3 amide bonds. The molecule has 132 valence electrons. The number of benzene rings is 1. The fourth-order valence-electron chi connectivity index (χ4n) is 2.72. The molecule has 7 nitrogen and oxygen atoms in total. The van der Waals surface area contributed by atoms with Crippen LogP contribution in [-0.2, 0) is 18.4 Å². The molecule has 0 spiro atoms. The van der Waals surface area contributed by atoms with Crippen molar-refractivity contribution in [3.8, 4) is 0 Å². The number of hydrogen-bond acceptors (Lipinski definition) is 3. The summed E-state index contributed by atoms with van der Waals surface area (Å²) >= 11 is 12.0. The van der Waals surface area contributed by atoms with E-state index in [0.29, 0.717) is 15.9 Å². The first-order chi connectivity index (χ1) is 11.9. The minimum absolute atomic E-state index is 0.242. The van der Waals surface area contributed by atoms with Crippen LogP contribution >= 0.6 is 23.2 Å². The van der Waals surface area contributed by atoms with Crippen LogP contribution in [0.2, 0.25) is 10.0 Å². The number of carbonyl (C=O) groups excluding carboxylic acids is 2. The van der Waals surface area contributed by atoms with Crippen molar-refractivity contribution in [2.75, 3.05) is 18.5 Å². The van der Waals surface area contributed by atoms with Gasteiger partial charge in [-0.05, 0) is 17.7 Å². The van der Waals surface area contributed by atoms with Crippen LogP contribution in [0.15, 0.2) is 30.7 Å². The van der Waals surface area contributed by atoms with Crippen LogP contribution in [-0.4, -0.2) is 46.0 Å². The first kappa shape index (κ1) is 17.6. The van der Waals surface area contributed by atoms with Gasteiger partial charge in [0.1, 0.15) is 11.9 Å². The molecular weight excluding hydrogens is 365 g/mol. The van der Waals surface area contributed by atoms with E-state index in [-0.39, 0.29) is 25.0 Å². The molecule has 1 aliphatic rings. The van der Waals surface area contributed by atoms with Crippen LogP contribution in [0.5, 0.6) is 0 Å². The molecule has 1 fully saturated rings. The number of carbonyl (C=O) groups is 2. The molecule has 0 aliphatic carbocycles. The third-order valence-corrected chi connectivity index (χ3v) is 4.78. The van der Waals surface area contributed by atoms with Crippen molar-refractivity contribution in [1.29, 1.82) is 0 Å². The van der Waals surface area contributed by atoms with Crippen molar-refractivity contribution in [3.05, 3.63) is 46.3 Å². The maximum Gasteiger partial charge on any atom is 0.326 e. The van der Waals surface area contributed by atoms with Crippen molar-refractivity contribution in [3.63, 3.8) is 0 Å². The van der Waals surface area contributed by atoms with Gasteiger partial charge in [0.05, 0.1) is 19.1 Å². The summed E-state index contributed by atoms with van der Waals surface area (Å²) in [5, 5.41) is 3.84. The summed E-state index contributed by atoms with van der Waals surface area (Å²) in [5.41, 5.74) is 0.759. The molecule has 0 saturated carbocycles. The van der Waals surface area contributed by atoms with Gasteiger partial charge in [0, 0.05) is 30.7 Å². The van der Waals surface area contributed by atoms with E-state index in [1.165, 1.54) is 9.80 Å². The topological polar surface area (TPSA) is 70.5 Å². The van der Waals surface area contributed by atoms with Crippen LogP contribution in [0, 0.1) is 0 Å². The van der Waals surface area contributed by atoms with Crippen molar-refractivity contribution in [1.82, 2.24) is 19.8 Å². The summed E-state index contributed by atoms with van der Waals surface area (Å²) in [6.07, 6.45) is 3.21. The van der Waals surface area contributed by atoms with Crippen LogP contribution in [0.25, 0.3) is 0 Å². The molecule has 25 heavy (non-hydrogen) atoms. The normalized spacial score (nSPS) is 17.3. The molecule has 2 aromatic rings. The zero-order valence-corrected chi connectivity index (χ0v) is 15.3. The van der Waals surface area contributed by atoms with Crippen molar-refractivity contribution in [2.24, 2.45) is 7.05 Å². The number of imidazole rings is 1. The molecule has 1 N–H and O–H groups in total. The number of likely N-dealkylation sites (N-methyl/N-ethyl adjacent to an activating group) is 1. The van der Waals surface area contributed by atoms with E-state index < -0.39 is 6.04 Å². The molecule has 0 unspecified atom stereocenters. The lowest BCUT2D eigenvalue weighted by atomic mass is 10.2. The van der Waals surface area contributed by atoms with Crippen molar-refractivity contribution in [2.45, 2.75) is 12.6 Å². The molecule has 1 aliphatic heterocycles. The predicted octanol–water partition coefficient (Wildman–Crippen LogP) is 2.28. The number of nitrogens with zero attached hydrogens (tertiary/aromatic N) is 4. The summed E-state index contributed by atoms with van der Waals surface area (Å²) in [7, 11) is 3.41. The zero-order chi connectivity index (χ0) is 18.1. The van der Waals surface area contributed by atoms with E-state index in [1.807, 2.05) is 0 Å². The summed E-state index contributed by atoms with van der Waals surface area (Å²) in [5.74, 6) is 0.402. The highest BCUT2D eigenvalue weighted by Gasteiger charge is 2.40. The number of amides is 3. The first-order valence-electron chi connectivity index (χ1n) is 7.60. The first-order valence-corrected chi connectivity index (χ1v) is 8.36. The monoisotopic (exact) mass is 381 g/mol. The Bertz CT molecular complexity index is 823. The molecule has 0 bridgehead atoms. The number of urea groups is 1. The Labute approximate surface area is 155 Å². The SMILES string of the molecule is CN1C(=O)N(c2cncn2C)C[C@H]1C(=O)NCc1ccc(Cl)cc1Cl. The van der Waals surface area contributed by atoms with Gasteiger partial charge in [-0.3, -0.25) is 9.69 Å². The quantitative estimate of drug-likeness (QED) is 0.882. The largest absolute Gasteiger partial charge is 0.350 e. The molecular formula is C16H17Cl2N5O2. The lowest BCUT2D eigenvalue weighted by Gasteiger charge is -2.17. The molecule has 1 saturated heterocycles. The number of anilines is 1. The van der Waals surface area contributed by atoms with Gasteiger partial charge in [-0.1, -0.05) is 29.3 Å². The number of rotatable bonds is 4. The van der Waals surface area contributed by atoms with Crippen LogP contribution in [0.1, 0.15) is 5.56 Å². The zero-order valence-electron chi connectivity index (χ0n) is 13.7. The van der Waals surface area contributed by atoms with Crippen molar-refractivity contribution >= 4 is 41.0 Å². The molecule has 0 radical (unpaired) electrons. The van der Waals surface area contributed by atoms with Crippen LogP contribution in [0.3, 0.4) is 0 Å². The lowest BCUT2D eigenvalue weighted by Crippen LogP contribution is -2.43. The second kappa shape index (κ2) is 6.93. The average Bonchev–Trinajstić information content (AvgIpc) is 3.11. The van der Waals surface area contributed by atoms with E-state index in [0.717, 1.165) is 5.56 Å². The standard InChI is InChI=1S/C16H17Cl2N5O2/c1-21-9-19-7-14(21)23-8-13(22(2)16(23)25)15(24)20-6-10-3-4-11(17)5-12(10)18/h3-5,7,9,13H,6,8H2,1-2H3,(H,20,24)/t13-/m0/s1. The summed E-state index contributed by atoms with van der Waals surface area (Å²) < 4.78 is 1.74. The average molecular weight is 382 g/mol. The maximum absolute atomic E-state index is 12.5. The highest BCUT2D eigenvalue weighted by atomic mass is 35.5. The summed E-state index contributed by atoms with van der Waals surface area (Å²) in [4.78, 5) is 31.9. The molecule has 1 aromatic carbocycles. The van der Waals surface area contributed by atoms with Crippen molar-refractivity contribution < 1.29 is 9.59 Å². The second-order valence-corrected chi connectivity index (χ2v) is 6.68. The smallest absolute Gasteiger partial charge is 0.326 e.